The molecule has 5 rings (SSSR count). The average molecular weight is 466 g/mol. The molecular weight excluding hydrogens is 446 g/mol. The average Bonchev–Trinajstić information content (AvgIpc) is 3.35. The molecule has 0 radical (unpaired) electrons. The van der Waals surface area contributed by atoms with E-state index in [1.807, 2.05) is 84.2 Å². The van der Waals surface area contributed by atoms with E-state index in [0.717, 1.165) is 11.1 Å². The Hall–Kier alpha value is -4.43. The third-order valence-corrected chi connectivity index (χ3v) is 5.99. The number of anilines is 1. The zero-order valence-corrected chi connectivity index (χ0v) is 19.0. The number of hydrogen-bond acceptors (Lipinski definition) is 6. The van der Waals surface area contributed by atoms with Crippen LogP contribution in [0.1, 0.15) is 10.4 Å². The van der Waals surface area contributed by atoms with Gasteiger partial charge in [-0.15, -0.1) is 11.3 Å². The molecule has 3 heterocycles. The number of aromatic nitrogens is 4. The second-order valence-corrected chi connectivity index (χ2v) is 8.32. The first-order valence-corrected chi connectivity index (χ1v) is 11.4. The van der Waals surface area contributed by atoms with Crippen LogP contribution in [-0.4, -0.2) is 25.7 Å². The Balaban J connectivity index is 1.62. The minimum Gasteiger partial charge on any atom is -0.298 e. The van der Waals surface area contributed by atoms with Gasteiger partial charge in [0.05, 0.1) is 11.4 Å². The van der Waals surface area contributed by atoms with Gasteiger partial charge < -0.3 is 0 Å². The quantitative estimate of drug-likeness (QED) is 0.399. The molecule has 0 aliphatic heterocycles. The molecule has 0 saturated carbocycles. The number of nitrogens with one attached hydrogen (secondary N) is 1. The second-order valence-electron chi connectivity index (χ2n) is 7.47. The van der Waals surface area contributed by atoms with Crippen LogP contribution >= 0.6 is 11.3 Å². The largest absolute Gasteiger partial charge is 0.298 e. The Morgan fingerprint density at radius 2 is 1.56 bits per heavy atom. The topological polar surface area (TPSA) is 89.8 Å². The van der Waals surface area contributed by atoms with Crippen LogP contribution in [0.2, 0.25) is 0 Å². The number of carbonyl (C=O) groups excluding carboxylic acids is 1. The van der Waals surface area contributed by atoms with Crippen LogP contribution in [-0.2, 0) is 7.05 Å². The minimum absolute atomic E-state index is 0.0112. The predicted molar refractivity (Wildman–Crippen MR) is 134 cm³/mol. The molecule has 5 aromatic rings. The summed E-state index contributed by atoms with van der Waals surface area (Å²) in [5.41, 5.74) is 3.44. The van der Waals surface area contributed by atoms with Crippen molar-refractivity contribution < 1.29 is 4.79 Å². The lowest BCUT2D eigenvalue weighted by atomic mass is 9.95. The molecule has 34 heavy (non-hydrogen) atoms. The van der Waals surface area contributed by atoms with Crippen LogP contribution in [0.3, 0.4) is 0 Å². The third-order valence-electron chi connectivity index (χ3n) is 5.23. The van der Waals surface area contributed by atoms with Crippen LogP contribution in [0.5, 0.6) is 0 Å². The lowest BCUT2D eigenvalue weighted by Crippen LogP contribution is -2.31. The first-order valence-electron chi connectivity index (χ1n) is 10.5. The SMILES string of the molecule is Cn1nc(-c2ccccc2)c(-c2ccccc2)c(C(=O)Nc2nc(-c3ccccn3)cs2)c1=O. The zero-order chi connectivity index (χ0) is 23.5. The smallest absolute Gasteiger partial charge is 0.280 e. The van der Waals surface area contributed by atoms with Crippen LogP contribution < -0.4 is 10.9 Å². The number of hydrogen-bond donors (Lipinski definition) is 1. The van der Waals surface area contributed by atoms with E-state index in [0.29, 0.717) is 27.8 Å². The van der Waals surface area contributed by atoms with Gasteiger partial charge in [-0.2, -0.15) is 5.10 Å². The number of benzene rings is 2. The second kappa shape index (κ2) is 9.21. The predicted octanol–water partition coefficient (Wildman–Crippen LogP) is 4.89. The summed E-state index contributed by atoms with van der Waals surface area (Å²) in [6.07, 6.45) is 1.69. The highest BCUT2D eigenvalue weighted by atomic mass is 32.1. The molecule has 3 aromatic heterocycles. The highest BCUT2D eigenvalue weighted by molar-refractivity contribution is 7.14. The van der Waals surface area contributed by atoms with Crippen molar-refractivity contribution in [1.29, 1.82) is 0 Å². The molecule has 8 heteroatoms. The van der Waals surface area contributed by atoms with Crippen LogP contribution in [0.15, 0.2) is 95.2 Å². The standard InChI is InChI=1S/C26H19N5O2S/c1-31-25(33)22(24(32)29-26-28-20(16-34-26)19-14-8-9-15-27-19)21(17-10-4-2-5-11-17)23(30-31)18-12-6-3-7-13-18/h2-16H,1H3,(H,28,29,32). The van der Waals surface area contributed by atoms with Gasteiger partial charge >= 0.3 is 0 Å². The van der Waals surface area contributed by atoms with Crippen molar-refractivity contribution in [2.75, 3.05) is 5.32 Å². The van der Waals surface area contributed by atoms with Gasteiger partial charge in [0.2, 0.25) is 0 Å². The van der Waals surface area contributed by atoms with Gasteiger partial charge in [-0.05, 0) is 17.7 Å². The molecule has 2 aromatic carbocycles. The van der Waals surface area contributed by atoms with E-state index in [2.05, 4.69) is 20.4 Å². The van der Waals surface area contributed by atoms with Gasteiger partial charge in [0.1, 0.15) is 11.3 Å². The van der Waals surface area contributed by atoms with Crippen molar-refractivity contribution in [1.82, 2.24) is 19.7 Å². The maximum atomic E-state index is 13.5. The van der Waals surface area contributed by atoms with Gasteiger partial charge in [-0.3, -0.25) is 19.9 Å². The van der Waals surface area contributed by atoms with Gasteiger partial charge in [0, 0.05) is 29.8 Å². The van der Waals surface area contributed by atoms with Crippen LogP contribution in [0, 0.1) is 0 Å². The van der Waals surface area contributed by atoms with Crippen molar-refractivity contribution in [3.8, 4) is 33.8 Å². The Kier molecular flexibility index (Phi) is 5.80. The lowest BCUT2D eigenvalue weighted by molar-refractivity contribution is 0.102. The fourth-order valence-corrected chi connectivity index (χ4v) is 4.35. The van der Waals surface area contributed by atoms with Crippen LogP contribution in [0.25, 0.3) is 33.8 Å². The number of rotatable bonds is 5. The summed E-state index contributed by atoms with van der Waals surface area (Å²) in [7, 11) is 1.54. The number of amides is 1. The molecule has 0 aliphatic carbocycles. The molecule has 0 aliphatic rings. The lowest BCUT2D eigenvalue weighted by Gasteiger charge is -2.15. The van der Waals surface area contributed by atoms with Gasteiger partial charge in [0.15, 0.2) is 5.13 Å². The molecule has 0 unspecified atom stereocenters. The zero-order valence-electron chi connectivity index (χ0n) is 18.2. The number of aryl methyl sites for hydroxylation is 1. The Morgan fingerprint density at radius 1 is 0.882 bits per heavy atom. The van der Waals surface area contributed by atoms with Crippen molar-refractivity contribution in [3.05, 3.63) is 106 Å². The minimum atomic E-state index is -0.541. The highest BCUT2D eigenvalue weighted by Gasteiger charge is 2.25. The summed E-state index contributed by atoms with van der Waals surface area (Å²) < 4.78 is 1.20. The summed E-state index contributed by atoms with van der Waals surface area (Å²) >= 11 is 1.27. The van der Waals surface area contributed by atoms with E-state index in [4.69, 9.17) is 0 Å². The molecular formula is C26H19N5O2S. The molecule has 166 valence electrons. The molecule has 1 amide bonds. The monoisotopic (exact) mass is 465 g/mol. The van der Waals surface area contributed by atoms with E-state index < -0.39 is 11.5 Å². The van der Waals surface area contributed by atoms with Crippen molar-refractivity contribution in [2.45, 2.75) is 0 Å². The van der Waals surface area contributed by atoms with E-state index >= 15 is 0 Å². The van der Waals surface area contributed by atoms with E-state index in [9.17, 15) is 9.59 Å². The molecule has 0 fully saturated rings. The fraction of sp³-hybridized carbons (Fsp3) is 0.0385. The normalized spacial score (nSPS) is 10.7. The summed E-state index contributed by atoms with van der Waals surface area (Å²) in [4.78, 5) is 35.5. The molecule has 0 atom stereocenters. The number of carbonyl (C=O) groups is 1. The van der Waals surface area contributed by atoms with E-state index in [1.54, 1.807) is 13.2 Å². The molecule has 0 saturated heterocycles. The summed E-state index contributed by atoms with van der Waals surface area (Å²) in [5.74, 6) is -0.541. The Labute approximate surface area is 199 Å². The molecule has 1 N–H and O–H groups in total. The first-order chi connectivity index (χ1) is 16.6. The molecule has 0 spiro atoms. The summed E-state index contributed by atoms with van der Waals surface area (Å²) in [5, 5.41) is 9.52. The van der Waals surface area contributed by atoms with Crippen LogP contribution in [0.4, 0.5) is 5.13 Å². The maximum Gasteiger partial charge on any atom is 0.280 e. The van der Waals surface area contributed by atoms with Gasteiger partial charge in [-0.25, -0.2) is 9.67 Å². The summed E-state index contributed by atoms with van der Waals surface area (Å²) in [6.45, 7) is 0. The van der Waals surface area contributed by atoms with E-state index in [-0.39, 0.29) is 5.56 Å². The van der Waals surface area contributed by atoms with Gasteiger partial charge in [-0.1, -0.05) is 66.7 Å². The maximum absolute atomic E-state index is 13.5. The number of nitrogens with zero attached hydrogens (tertiary/aromatic N) is 4. The van der Waals surface area contributed by atoms with Crippen molar-refractivity contribution in [2.24, 2.45) is 7.05 Å². The fourth-order valence-electron chi connectivity index (χ4n) is 3.65. The Bertz CT molecular complexity index is 1510. The summed E-state index contributed by atoms with van der Waals surface area (Å²) in [6, 6.07) is 24.4. The van der Waals surface area contributed by atoms with Crippen molar-refractivity contribution in [3.63, 3.8) is 0 Å². The third kappa shape index (κ3) is 4.14. The first kappa shape index (κ1) is 21.4. The molecule has 0 bridgehead atoms. The number of thiazole rings is 1. The molecule has 7 nitrogen and oxygen atoms in total. The number of pyridine rings is 1. The van der Waals surface area contributed by atoms with E-state index in [1.165, 1.54) is 16.0 Å². The van der Waals surface area contributed by atoms with Gasteiger partial charge in [0.25, 0.3) is 11.5 Å². The Morgan fingerprint density at radius 3 is 2.24 bits per heavy atom. The van der Waals surface area contributed by atoms with Crippen molar-refractivity contribution >= 4 is 22.4 Å². The highest BCUT2D eigenvalue weighted by Crippen LogP contribution is 2.32.